The van der Waals surface area contributed by atoms with E-state index in [2.05, 4.69) is 37.8 Å². The summed E-state index contributed by atoms with van der Waals surface area (Å²) in [6.07, 6.45) is 4.44. The molecule has 1 aliphatic rings. The van der Waals surface area contributed by atoms with E-state index in [1.54, 1.807) is 0 Å². The van der Waals surface area contributed by atoms with Gasteiger partial charge in [-0.3, -0.25) is 0 Å². The number of aryl methyl sites for hydroxylation is 1. The molecule has 3 nitrogen and oxygen atoms in total. The molecule has 4 heteroatoms. The second kappa shape index (κ2) is 3.80. The van der Waals surface area contributed by atoms with Gasteiger partial charge in [0.2, 0.25) is 0 Å². The summed E-state index contributed by atoms with van der Waals surface area (Å²) in [5, 5.41) is 3.36. The second-order valence-electron chi connectivity index (χ2n) is 3.56. The van der Waals surface area contributed by atoms with Gasteiger partial charge in [-0.2, -0.15) is 0 Å². The molecule has 1 aliphatic heterocycles. The molecule has 0 bridgehead atoms. The molecule has 2 heterocycles. The molecular weight excluding hydrogens is 230 g/mol. The molecule has 0 atom stereocenters. The number of hydrogen-bond acceptors (Lipinski definition) is 2. The molecule has 0 spiro atoms. The van der Waals surface area contributed by atoms with Crippen molar-refractivity contribution in [1.82, 2.24) is 14.9 Å². The van der Waals surface area contributed by atoms with Crippen LogP contribution in [0.2, 0.25) is 0 Å². The highest BCUT2D eigenvalue weighted by atomic mass is 79.9. The van der Waals surface area contributed by atoms with E-state index in [-0.39, 0.29) is 0 Å². The van der Waals surface area contributed by atoms with Gasteiger partial charge in [-0.1, -0.05) is 0 Å². The lowest BCUT2D eigenvalue weighted by atomic mass is 9.97. The van der Waals surface area contributed by atoms with Gasteiger partial charge in [0.05, 0.1) is 0 Å². The first kappa shape index (κ1) is 9.21. The van der Waals surface area contributed by atoms with E-state index in [1.165, 1.54) is 18.7 Å². The minimum atomic E-state index is 0.637. The van der Waals surface area contributed by atoms with Crippen molar-refractivity contribution in [3.63, 3.8) is 0 Å². The van der Waals surface area contributed by atoms with Crippen LogP contribution in [0.4, 0.5) is 0 Å². The number of rotatable bonds is 1. The summed E-state index contributed by atoms with van der Waals surface area (Å²) in [6, 6.07) is 0. The Balaban J connectivity index is 2.18. The minimum absolute atomic E-state index is 0.637. The Morgan fingerprint density at radius 2 is 2.23 bits per heavy atom. The fourth-order valence-corrected chi connectivity index (χ4v) is 2.39. The second-order valence-corrected chi connectivity index (χ2v) is 4.37. The van der Waals surface area contributed by atoms with Crippen molar-refractivity contribution in [2.45, 2.75) is 18.8 Å². The Morgan fingerprint density at radius 1 is 1.54 bits per heavy atom. The predicted molar refractivity (Wildman–Crippen MR) is 55.8 cm³/mol. The topological polar surface area (TPSA) is 29.9 Å². The van der Waals surface area contributed by atoms with Gasteiger partial charge in [0.25, 0.3) is 0 Å². The first-order chi connectivity index (χ1) is 6.27. The van der Waals surface area contributed by atoms with E-state index in [9.17, 15) is 0 Å². The number of halogens is 1. The summed E-state index contributed by atoms with van der Waals surface area (Å²) in [7, 11) is 2.06. The monoisotopic (exact) mass is 243 g/mol. The van der Waals surface area contributed by atoms with E-state index < -0.39 is 0 Å². The highest BCUT2D eigenvalue weighted by Crippen LogP contribution is 2.25. The van der Waals surface area contributed by atoms with Gasteiger partial charge < -0.3 is 9.88 Å². The summed E-state index contributed by atoms with van der Waals surface area (Å²) in [6.45, 7) is 2.24. The summed E-state index contributed by atoms with van der Waals surface area (Å²) < 4.78 is 3.07. The van der Waals surface area contributed by atoms with Crippen molar-refractivity contribution in [1.29, 1.82) is 0 Å². The van der Waals surface area contributed by atoms with Crippen molar-refractivity contribution in [3.8, 4) is 0 Å². The maximum absolute atomic E-state index is 4.49. The first-order valence-corrected chi connectivity index (χ1v) is 5.46. The molecule has 1 N–H and O–H groups in total. The van der Waals surface area contributed by atoms with Crippen LogP contribution in [-0.4, -0.2) is 22.6 Å². The fourth-order valence-electron chi connectivity index (χ4n) is 1.90. The van der Waals surface area contributed by atoms with Crippen molar-refractivity contribution in [2.75, 3.05) is 13.1 Å². The van der Waals surface area contributed by atoms with Crippen LogP contribution in [0.25, 0.3) is 0 Å². The summed E-state index contributed by atoms with van der Waals surface area (Å²) in [5.74, 6) is 1.85. The summed E-state index contributed by atoms with van der Waals surface area (Å²) >= 11 is 3.40. The van der Waals surface area contributed by atoms with Crippen LogP contribution in [0.3, 0.4) is 0 Å². The van der Waals surface area contributed by atoms with Crippen LogP contribution in [-0.2, 0) is 7.05 Å². The van der Waals surface area contributed by atoms with Gasteiger partial charge in [0.1, 0.15) is 10.4 Å². The van der Waals surface area contributed by atoms with Crippen molar-refractivity contribution >= 4 is 15.9 Å². The third-order valence-corrected chi connectivity index (χ3v) is 2.97. The van der Waals surface area contributed by atoms with Crippen molar-refractivity contribution in [3.05, 3.63) is 16.6 Å². The van der Waals surface area contributed by atoms with Gasteiger partial charge in [-0.05, 0) is 41.9 Å². The Hall–Kier alpha value is -0.350. The van der Waals surface area contributed by atoms with E-state index in [0.29, 0.717) is 5.92 Å². The normalized spacial score (nSPS) is 19.2. The third kappa shape index (κ3) is 1.94. The SMILES string of the molecule is Cn1cc(Br)nc1C1CCNCC1. The van der Waals surface area contributed by atoms with Crippen LogP contribution in [0.5, 0.6) is 0 Å². The highest BCUT2D eigenvalue weighted by Gasteiger charge is 2.19. The minimum Gasteiger partial charge on any atom is -0.337 e. The lowest BCUT2D eigenvalue weighted by Gasteiger charge is -2.21. The lowest BCUT2D eigenvalue weighted by molar-refractivity contribution is 0.437. The van der Waals surface area contributed by atoms with Crippen molar-refractivity contribution in [2.24, 2.45) is 7.05 Å². The Morgan fingerprint density at radius 3 is 2.77 bits per heavy atom. The molecule has 72 valence electrons. The quantitative estimate of drug-likeness (QED) is 0.814. The lowest BCUT2D eigenvalue weighted by Crippen LogP contribution is -2.27. The van der Waals surface area contributed by atoms with E-state index in [4.69, 9.17) is 0 Å². The first-order valence-electron chi connectivity index (χ1n) is 4.67. The number of nitrogens with zero attached hydrogens (tertiary/aromatic N) is 2. The van der Waals surface area contributed by atoms with E-state index >= 15 is 0 Å². The number of aromatic nitrogens is 2. The standard InChI is InChI=1S/C9H14BrN3/c1-13-6-8(10)12-9(13)7-2-4-11-5-3-7/h6-7,11H,2-5H2,1H3. The van der Waals surface area contributed by atoms with Crippen LogP contribution in [0.15, 0.2) is 10.8 Å². The fraction of sp³-hybridized carbons (Fsp3) is 0.667. The molecule has 1 fully saturated rings. The van der Waals surface area contributed by atoms with Crippen LogP contribution in [0.1, 0.15) is 24.6 Å². The highest BCUT2D eigenvalue weighted by molar-refractivity contribution is 9.10. The molecule has 0 aliphatic carbocycles. The molecule has 2 rings (SSSR count). The maximum Gasteiger partial charge on any atom is 0.124 e. The molecule has 1 aromatic rings. The summed E-state index contributed by atoms with van der Waals surface area (Å²) in [4.78, 5) is 4.49. The third-order valence-electron chi connectivity index (χ3n) is 2.59. The molecule has 13 heavy (non-hydrogen) atoms. The van der Waals surface area contributed by atoms with Gasteiger partial charge in [-0.15, -0.1) is 0 Å². The number of imidazole rings is 1. The van der Waals surface area contributed by atoms with Gasteiger partial charge in [0, 0.05) is 19.2 Å². The summed E-state index contributed by atoms with van der Waals surface area (Å²) in [5.41, 5.74) is 0. The number of hydrogen-bond donors (Lipinski definition) is 1. The van der Waals surface area contributed by atoms with Gasteiger partial charge >= 0.3 is 0 Å². The predicted octanol–water partition coefficient (Wildman–Crippen LogP) is 1.65. The molecule has 0 saturated carbocycles. The smallest absolute Gasteiger partial charge is 0.124 e. The average molecular weight is 244 g/mol. The number of piperidine rings is 1. The maximum atomic E-state index is 4.49. The largest absolute Gasteiger partial charge is 0.337 e. The number of nitrogens with one attached hydrogen (secondary N) is 1. The van der Waals surface area contributed by atoms with Crippen molar-refractivity contribution < 1.29 is 0 Å². The van der Waals surface area contributed by atoms with Gasteiger partial charge in [0.15, 0.2) is 0 Å². The molecule has 1 aromatic heterocycles. The Kier molecular flexibility index (Phi) is 2.69. The molecular formula is C9H14BrN3. The zero-order valence-corrected chi connectivity index (χ0v) is 9.34. The van der Waals surface area contributed by atoms with E-state index in [0.717, 1.165) is 17.7 Å². The zero-order chi connectivity index (χ0) is 9.26. The van der Waals surface area contributed by atoms with Crippen LogP contribution in [0, 0.1) is 0 Å². The Labute approximate surface area is 86.7 Å². The molecule has 0 aromatic carbocycles. The van der Waals surface area contributed by atoms with E-state index in [1.807, 2.05) is 6.20 Å². The van der Waals surface area contributed by atoms with Crippen LogP contribution >= 0.6 is 15.9 Å². The van der Waals surface area contributed by atoms with Crippen LogP contribution < -0.4 is 5.32 Å². The average Bonchev–Trinajstić information content (AvgIpc) is 2.47. The molecule has 0 unspecified atom stereocenters. The van der Waals surface area contributed by atoms with Gasteiger partial charge in [-0.25, -0.2) is 4.98 Å². The molecule has 1 saturated heterocycles. The zero-order valence-electron chi connectivity index (χ0n) is 7.76. The molecule has 0 radical (unpaired) electrons. The Bertz CT molecular complexity index is 289. The molecule has 0 amide bonds.